The number of carbonyl (C=O) groups is 5. The molecule has 2 saturated heterocycles. The van der Waals surface area contributed by atoms with Gasteiger partial charge in [0.1, 0.15) is 22.3 Å². The molecule has 16 nitrogen and oxygen atoms in total. The van der Waals surface area contributed by atoms with Gasteiger partial charge in [-0.1, -0.05) is 28.1 Å². The molecule has 0 bridgehead atoms. The number of thioether (sulfide) groups is 1. The Bertz CT molecular complexity index is 1760. The number of aromatic hydroxyl groups is 2. The monoisotopic (exact) mass is 737 g/mol. The predicted octanol–water partition coefficient (Wildman–Crippen LogP) is 1.85. The SMILES string of the molecule is C[C@H](O/N=C(/C(=O)C[C@@H]1C(=O)N2C(C(=O)O)=C(C[N+]3(CCNC(=O)c4ccc(O)c(O)c4)CCCC3)CS[C@H]12)c1nc(N)sc1Cl)C(=O)O. The molecule has 2 amide bonds. The number of thiazole rings is 1. The van der Waals surface area contributed by atoms with Gasteiger partial charge in [-0.3, -0.25) is 19.3 Å². The highest BCUT2D eigenvalue weighted by molar-refractivity contribution is 8.00. The van der Waals surface area contributed by atoms with Crippen molar-refractivity contribution in [2.45, 2.75) is 37.7 Å². The number of phenolic OH excluding ortho intramolecular Hbond substituents is 2. The van der Waals surface area contributed by atoms with Crippen LogP contribution in [0, 0.1) is 5.92 Å². The van der Waals surface area contributed by atoms with Crippen LogP contribution in [-0.4, -0.2) is 120 Å². The number of fused-ring (bicyclic) bond motifs is 1. The number of nitrogen functional groups attached to an aromatic ring is 1. The van der Waals surface area contributed by atoms with Crippen LogP contribution in [0.2, 0.25) is 4.34 Å². The number of quaternary nitrogens is 1. The van der Waals surface area contributed by atoms with E-state index in [1.807, 2.05) is 0 Å². The van der Waals surface area contributed by atoms with Gasteiger partial charge < -0.3 is 40.8 Å². The van der Waals surface area contributed by atoms with Crippen LogP contribution in [0.3, 0.4) is 0 Å². The number of carboxylic acids is 2. The molecule has 2 fully saturated rings. The Morgan fingerprint density at radius 3 is 2.53 bits per heavy atom. The standard InChI is InChI=1S/C30H33ClN6O10S2/c1-14(28(43)44)47-35-21(22-24(31)49-30(32)34-22)20(40)11-17-26(42)36-23(29(45)46)16(13-48-27(17)36)12-37(7-2-3-8-37)9-6-33-25(41)15-4-5-18(38)19(39)10-15/h4-5,10,14,17,27H,2-3,6-9,11-13H2,1H3,(H6-,32,33,34,35,38,39,40,41,43,44,45,46)/p+1/t14-,17+,27+/m0/s1. The molecule has 7 N–H and O–H groups in total. The maximum absolute atomic E-state index is 13.5. The third kappa shape index (κ3) is 7.61. The summed E-state index contributed by atoms with van der Waals surface area (Å²) in [6, 6.07) is 3.78. The van der Waals surface area contributed by atoms with Crippen LogP contribution in [0.15, 0.2) is 34.6 Å². The van der Waals surface area contributed by atoms with E-state index in [0.717, 1.165) is 37.3 Å². The fourth-order valence-corrected chi connectivity index (χ4v) is 8.48. The second-order valence-electron chi connectivity index (χ2n) is 11.9. The van der Waals surface area contributed by atoms with Crippen molar-refractivity contribution in [2.24, 2.45) is 11.1 Å². The summed E-state index contributed by atoms with van der Waals surface area (Å²) >= 11 is 8.42. The number of benzene rings is 1. The highest BCUT2D eigenvalue weighted by atomic mass is 35.5. The molecular formula is C30H34ClN6O10S2+. The minimum absolute atomic E-state index is 0.0173. The number of halogens is 1. The van der Waals surface area contributed by atoms with Gasteiger partial charge in [0, 0.05) is 36.2 Å². The van der Waals surface area contributed by atoms with Crippen molar-refractivity contribution in [1.82, 2.24) is 15.2 Å². The van der Waals surface area contributed by atoms with Gasteiger partial charge in [-0.25, -0.2) is 14.6 Å². The maximum Gasteiger partial charge on any atom is 0.352 e. The normalized spacial score (nSPS) is 20.7. The van der Waals surface area contributed by atoms with Gasteiger partial charge in [-0.15, -0.1) is 11.8 Å². The molecule has 19 heteroatoms. The molecule has 49 heavy (non-hydrogen) atoms. The molecule has 1 aromatic heterocycles. The number of likely N-dealkylation sites (tertiary alicyclic amines) is 1. The number of carbonyl (C=O) groups excluding carboxylic acids is 3. The first-order valence-electron chi connectivity index (χ1n) is 15.2. The minimum atomic E-state index is -1.40. The van der Waals surface area contributed by atoms with Crippen molar-refractivity contribution in [3.8, 4) is 11.5 Å². The zero-order valence-corrected chi connectivity index (χ0v) is 28.5. The van der Waals surface area contributed by atoms with Gasteiger partial charge >= 0.3 is 11.9 Å². The number of aliphatic carboxylic acids is 2. The molecule has 0 aliphatic carbocycles. The van der Waals surface area contributed by atoms with Crippen LogP contribution in [0.25, 0.3) is 0 Å². The van der Waals surface area contributed by atoms with E-state index in [1.54, 1.807) is 0 Å². The highest BCUT2D eigenvalue weighted by Gasteiger charge is 2.55. The number of aromatic nitrogens is 1. The lowest BCUT2D eigenvalue weighted by Crippen LogP contribution is -2.63. The number of anilines is 1. The van der Waals surface area contributed by atoms with Crippen LogP contribution in [-0.2, 0) is 24.0 Å². The molecule has 0 radical (unpaired) electrons. The van der Waals surface area contributed by atoms with Gasteiger partial charge in [0.2, 0.25) is 12.0 Å². The van der Waals surface area contributed by atoms with E-state index in [0.29, 0.717) is 28.9 Å². The summed E-state index contributed by atoms with van der Waals surface area (Å²) in [5, 5.41) is 44.6. The number of amides is 2. The van der Waals surface area contributed by atoms with E-state index in [-0.39, 0.29) is 45.1 Å². The van der Waals surface area contributed by atoms with Crippen molar-refractivity contribution < 1.29 is 53.7 Å². The fourth-order valence-electron chi connectivity index (χ4n) is 6.15. The summed E-state index contributed by atoms with van der Waals surface area (Å²) in [7, 11) is 0. The first-order chi connectivity index (χ1) is 23.2. The molecule has 0 unspecified atom stereocenters. The number of Topliss-reactive ketones (excluding diaryl/α,β-unsaturated/α-hetero) is 1. The molecule has 262 valence electrons. The van der Waals surface area contributed by atoms with Gasteiger partial charge in [0.15, 0.2) is 28.1 Å². The Morgan fingerprint density at radius 2 is 1.92 bits per heavy atom. The van der Waals surface area contributed by atoms with Gasteiger partial charge in [0.05, 0.1) is 37.5 Å². The molecule has 0 spiro atoms. The van der Waals surface area contributed by atoms with Crippen LogP contribution in [0.4, 0.5) is 5.13 Å². The number of hydrogen-bond acceptors (Lipinski definition) is 13. The van der Waals surface area contributed by atoms with Crippen molar-refractivity contribution >= 4 is 75.1 Å². The van der Waals surface area contributed by atoms with Crippen molar-refractivity contribution in [3.63, 3.8) is 0 Å². The van der Waals surface area contributed by atoms with E-state index in [1.165, 1.54) is 41.8 Å². The Morgan fingerprint density at radius 1 is 1.20 bits per heavy atom. The summed E-state index contributed by atoms with van der Waals surface area (Å²) in [5.41, 5.74) is 5.85. The lowest BCUT2D eigenvalue weighted by Gasteiger charge is -2.50. The molecule has 2 aromatic rings. The largest absolute Gasteiger partial charge is 0.504 e. The summed E-state index contributed by atoms with van der Waals surface area (Å²) in [5.74, 6) is -5.63. The average molecular weight is 738 g/mol. The summed E-state index contributed by atoms with van der Waals surface area (Å²) in [4.78, 5) is 73.7. The fraction of sp³-hybridized carbons (Fsp3) is 0.433. The molecule has 5 rings (SSSR count). The predicted molar refractivity (Wildman–Crippen MR) is 178 cm³/mol. The van der Waals surface area contributed by atoms with Gasteiger partial charge in [0.25, 0.3) is 5.91 Å². The lowest BCUT2D eigenvalue weighted by molar-refractivity contribution is -0.911. The van der Waals surface area contributed by atoms with E-state index >= 15 is 0 Å². The number of carboxylic acid groups (broad SMARTS) is 2. The number of nitrogens with zero attached hydrogens (tertiary/aromatic N) is 4. The molecule has 3 atom stereocenters. The Hall–Kier alpha value is -4.39. The molecular weight excluding hydrogens is 704 g/mol. The van der Waals surface area contributed by atoms with E-state index < -0.39 is 58.4 Å². The van der Waals surface area contributed by atoms with Crippen LogP contribution in [0.1, 0.15) is 42.2 Å². The zero-order chi connectivity index (χ0) is 35.6. The number of rotatable bonds is 14. The Labute approximate surface area is 292 Å². The second kappa shape index (κ2) is 14.6. The molecule has 3 aliphatic heterocycles. The topological polar surface area (TPSA) is 242 Å². The molecule has 3 aliphatic rings. The number of phenols is 2. The lowest BCUT2D eigenvalue weighted by atomic mass is 9.89. The molecule has 1 aromatic carbocycles. The number of hydrogen-bond donors (Lipinski definition) is 6. The molecule has 4 heterocycles. The smallest absolute Gasteiger partial charge is 0.352 e. The highest BCUT2D eigenvalue weighted by Crippen LogP contribution is 2.46. The molecule has 0 saturated carbocycles. The van der Waals surface area contributed by atoms with E-state index in [4.69, 9.17) is 27.3 Å². The van der Waals surface area contributed by atoms with Gasteiger partial charge in [-0.05, 0) is 25.1 Å². The summed E-state index contributed by atoms with van der Waals surface area (Å²) in [6.07, 6.45) is 0.0305. The van der Waals surface area contributed by atoms with Crippen LogP contribution in [0.5, 0.6) is 11.5 Å². The summed E-state index contributed by atoms with van der Waals surface area (Å²) < 4.78 is 0.526. The first kappa shape index (κ1) is 35.9. The van der Waals surface area contributed by atoms with Crippen LogP contribution >= 0.6 is 34.7 Å². The summed E-state index contributed by atoms with van der Waals surface area (Å²) in [6.45, 7) is 3.83. The number of nitrogens with two attached hydrogens (primary N) is 1. The Kier molecular flexibility index (Phi) is 10.7. The third-order valence-corrected chi connectivity index (χ3v) is 11.1. The van der Waals surface area contributed by atoms with Crippen molar-refractivity contribution in [3.05, 3.63) is 45.1 Å². The van der Waals surface area contributed by atoms with E-state index in [9.17, 15) is 39.3 Å². The number of oxime groups is 1. The maximum atomic E-state index is 13.5. The zero-order valence-electron chi connectivity index (χ0n) is 26.1. The third-order valence-electron chi connectivity index (χ3n) is 8.66. The Balaban J connectivity index is 1.29. The minimum Gasteiger partial charge on any atom is -0.504 e. The number of β-lactam (4-membered cyclic amide) rings is 1. The quantitative estimate of drug-likeness (QED) is 0.0534. The van der Waals surface area contributed by atoms with Crippen molar-refractivity contribution in [2.75, 3.05) is 44.2 Å². The first-order valence-corrected chi connectivity index (χ1v) is 17.4. The number of nitrogens with one attached hydrogen (secondary N) is 1. The average Bonchev–Trinajstić information content (AvgIpc) is 3.65. The van der Waals surface area contributed by atoms with Crippen molar-refractivity contribution in [1.29, 1.82) is 0 Å². The second-order valence-corrected chi connectivity index (χ2v) is 14.7. The van der Waals surface area contributed by atoms with E-state index in [2.05, 4.69) is 15.5 Å². The van der Waals surface area contributed by atoms with Gasteiger partial charge in [-0.2, -0.15) is 0 Å². The van der Waals surface area contributed by atoms with Crippen LogP contribution < -0.4 is 11.1 Å². The number of ketones is 1.